The smallest absolute Gasteiger partial charge is 0.324 e. The first-order chi connectivity index (χ1) is 11.3. The molecule has 0 radical (unpaired) electrons. The molecule has 2 rings (SSSR count). The zero-order valence-electron chi connectivity index (χ0n) is 12.8. The Balaban J connectivity index is 2.00. The average Bonchev–Trinajstić information content (AvgIpc) is 2.54. The summed E-state index contributed by atoms with van der Waals surface area (Å²) in [5, 5.41) is 5.19. The molecule has 7 heteroatoms. The fourth-order valence-corrected chi connectivity index (χ4v) is 2.33. The van der Waals surface area contributed by atoms with Crippen LogP contribution >= 0.6 is 11.6 Å². The monoisotopic (exact) mass is 356 g/mol. The largest absolute Gasteiger partial charge is 0.418 e. The van der Waals surface area contributed by atoms with Crippen molar-refractivity contribution in [2.45, 2.75) is 19.1 Å². The molecule has 0 aliphatic rings. The summed E-state index contributed by atoms with van der Waals surface area (Å²) in [7, 11) is 0. The van der Waals surface area contributed by atoms with Crippen LogP contribution in [-0.2, 0) is 11.0 Å². The van der Waals surface area contributed by atoms with Gasteiger partial charge in [-0.2, -0.15) is 13.2 Å². The van der Waals surface area contributed by atoms with Crippen molar-refractivity contribution >= 4 is 23.2 Å². The molecule has 2 aromatic carbocycles. The van der Waals surface area contributed by atoms with E-state index in [9.17, 15) is 18.0 Å². The highest BCUT2D eigenvalue weighted by molar-refractivity contribution is 6.30. The molecule has 0 aliphatic carbocycles. The maximum Gasteiger partial charge on any atom is 0.418 e. The van der Waals surface area contributed by atoms with Crippen molar-refractivity contribution in [2.75, 3.05) is 11.9 Å². The Morgan fingerprint density at radius 2 is 1.83 bits per heavy atom. The average molecular weight is 357 g/mol. The molecule has 0 saturated carbocycles. The Morgan fingerprint density at radius 1 is 1.17 bits per heavy atom. The van der Waals surface area contributed by atoms with Crippen LogP contribution in [0.5, 0.6) is 0 Å². The van der Waals surface area contributed by atoms with Gasteiger partial charge in [-0.25, -0.2) is 0 Å². The van der Waals surface area contributed by atoms with Gasteiger partial charge in [0.2, 0.25) is 5.91 Å². The Morgan fingerprint density at radius 3 is 2.46 bits per heavy atom. The number of anilines is 1. The van der Waals surface area contributed by atoms with Gasteiger partial charge in [-0.05, 0) is 30.7 Å². The molecule has 0 spiro atoms. The highest BCUT2D eigenvalue weighted by Gasteiger charge is 2.34. The summed E-state index contributed by atoms with van der Waals surface area (Å²) in [5.74, 6) is -0.564. The lowest BCUT2D eigenvalue weighted by atomic mass is 10.1. The van der Waals surface area contributed by atoms with Crippen LogP contribution < -0.4 is 10.6 Å². The number of carbonyl (C=O) groups excluding carboxylic acids is 1. The molecule has 0 fully saturated rings. The summed E-state index contributed by atoms with van der Waals surface area (Å²) in [6.07, 6.45) is -4.60. The quantitative estimate of drug-likeness (QED) is 0.818. The second kappa shape index (κ2) is 7.68. The number of amides is 1. The minimum atomic E-state index is -4.60. The van der Waals surface area contributed by atoms with Gasteiger partial charge in [0.05, 0.1) is 17.8 Å². The van der Waals surface area contributed by atoms with Gasteiger partial charge < -0.3 is 10.6 Å². The minimum absolute atomic E-state index is 0.0452. The van der Waals surface area contributed by atoms with Crippen LogP contribution in [0.2, 0.25) is 5.02 Å². The van der Waals surface area contributed by atoms with Crippen molar-refractivity contribution in [1.29, 1.82) is 0 Å². The van der Waals surface area contributed by atoms with E-state index in [2.05, 4.69) is 10.6 Å². The molecule has 0 heterocycles. The fraction of sp³-hybridized carbons (Fsp3) is 0.235. The predicted molar refractivity (Wildman–Crippen MR) is 87.9 cm³/mol. The molecule has 2 aromatic rings. The number of hydrogen-bond acceptors (Lipinski definition) is 2. The Hall–Kier alpha value is -2.05. The van der Waals surface area contributed by atoms with E-state index >= 15 is 0 Å². The van der Waals surface area contributed by atoms with Crippen LogP contribution in [-0.4, -0.2) is 12.5 Å². The van der Waals surface area contributed by atoms with Crippen LogP contribution in [0.25, 0.3) is 0 Å². The van der Waals surface area contributed by atoms with Crippen molar-refractivity contribution in [1.82, 2.24) is 5.32 Å². The second-order valence-corrected chi connectivity index (χ2v) is 5.69. The highest BCUT2D eigenvalue weighted by Crippen LogP contribution is 2.36. The van der Waals surface area contributed by atoms with Crippen LogP contribution in [0.4, 0.5) is 18.9 Å². The van der Waals surface area contributed by atoms with Gasteiger partial charge >= 0.3 is 6.18 Å². The minimum Gasteiger partial charge on any atom is -0.324 e. The molecular weight excluding hydrogens is 341 g/mol. The maximum atomic E-state index is 13.0. The molecule has 0 aromatic heterocycles. The first kappa shape index (κ1) is 18.3. The third-order valence-electron chi connectivity index (χ3n) is 3.43. The SMILES string of the molecule is CC(NCC(=O)Nc1ccc(Cl)cc1C(F)(F)F)c1ccccc1. The van der Waals surface area contributed by atoms with E-state index in [-0.39, 0.29) is 23.3 Å². The van der Waals surface area contributed by atoms with Crippen LogP contribution in [0, 0.1) is 0 Å². The summed E-state index contributed by atoms with van der Waals surface area (Å²) in [5.41, 5.74) is -0.307. The van der Waals surface area contributed by atoms with E-state index < -0.39 is 17.6 Å². The molecule has 0 saturated heterocycles. The summed E-state index contributed by atoms with van der Waals surface area (Å²) >= 11 is 5.60. The van der Waals surface area contributed by atoms with Gasteiger partial charge in [-0.15, -0.1) is 0 Å². The van der Waals surface area contributed by atoms with E-state index in [0.29, 0.717) is 0 Å². The number of benzene rings is 2. The Labute approximate surface area is 142 Å². The lowest BCUT2D eigenvalue weighted by Gasteiger charge is -2.16. The predicted octanol–water partition coefficient (Wildman–Crippen LogP) is 4.65. The molecule has 0 bridgehead atoms. The van der Waals surface area contributed by atoms with Gasteiger partial charge in [-0.3, -0.25) is 4.79 Å². The van der Waals surface area contributed by atoms with E-state index in [1.807, 2.05) is 37.3 Å². The third-order valence-corrected chi connectivity index (χ3v) is 3.66. The first-order valence-corrected chi connectivity index (χ1v) is 7.60. The van der Waals surface area contributed by atoms with E-state index in [4.69, 9.17) is 11.6 Å². The van der Waals surface area contributed by atoms with Crippen LogP contribution in [0.3, 0.4) is 0 Å². The molecule has 2 N–H and O–H groups in total. The molecule has 24 heavy (non-hydrogen) atoms. The number of nitrogens with one attached hydrogen (secondary N) is 2. The first-order valence-electron chi connectivity index (χ1n) is 7.22. The topological polar surface area (TPSA) is 41.1 Å². The van der Waals surface area contributed by atoms with Crippen molar-refractivity contribution in [3.8, 4) is 0 Å². The van der Waals surface area contributed by atoms with Gasteiger partial charge in [-0.1, -0.05) is 41.9 Å². The molecular formula is C17H16ClF3N2O. The fourth-order valence-electron chi connectivity index (χ4n) is 2.16. The molecule has 1 unspecified atom stereocenters. The van der Waals surface area contributed by atoms with Crippen LogP contribution in [0.15, 0.2) is 48.5 Å². The summed E-state index contributed by atoms with van der Waals surface area (Å²) in [4.78, 5) is 11.9. The van der Waals surface area contributed by atoms with Crippen molar-refractivity contribution in [3.63, 3.8) is 0 Å². The molecule has 3 nitrogen and oxygen atoms in total. The lowest BCUT2D eigenvalue weighted by molar-refractivity contribution is -0.137. The second-order valence-electron chi connectivity index (χ2n) is 5.25. The molecule has 1 amide bonds. The number of hydrogen-bond donors (Lipinski definition) is 2. The van der Waals surface area contributed by atoms with E-state index in [0.717, 1.165) is 17.7 Å². The lowest BCUT2D eigenvalue weighted by Crippen LogP contribution is -2.30. The van der Waals surface area contributed by atoms with Crippen molar-refractivity contribution < 1.29 is 18.0 Å². The molecule has 1 atom stereocenters. The third kappa shape index (κ3) is 4.97. The maximum absolute atomic E-state index is 13.0. The summed E-state index contributed by atoms with van der Waals surface area (Å²) in [6, 6.07) is 12.5. The summed E-state index contributed by atoms with van der Waals surface area (Å²) < 4.78 is 39.0. The highest BCUT2D eigenvalue weighted by atomic mass is 35.5. The number of alkyl halides is 3. The van der Waals surface area contributed by atoms with Crippen molar-refractivity contribution in [3.05, 3.63) is 64.7 Å². The Bertz CT molecular complexity index is 705. The summed E-state index contributed by atoms with van der Waals surface area (Å²) in [6.45, 7) is 1.75. The van der Waals surface area contributed by atoms with Gasteiger partial charge in [0.15, 0.2) is 0 Å². The van der Waals surface area contributed by atoms with E-state index in [1.165, 1.54) is 6.07 Å². The van der Waals surface area contributed by atoms with Gasteiger partial charge in [0.25, 0.3) is 0 Å². The molecule has 128 valence electrons. The number of carbonyl (C=O) groups is 1. The van der Waals surface area contributed by atoms with Crippen molar-refractivity contribution in [2.24, 2.45) is 0 Å². The van der Waals surface area contributed by atoms with Gasteiger partial charge in [0.1, 0.15) is 0 Å². The van der Waals surface area contributed by atoms with Gasteiger partial charge in [0, 0.05) is 11.1 Å². The standard InChI is InChI=1S/C17H16ClF3N2O/c1-11(12-5-3-2-4-6-12)22-10-16(24)23-15-8-7-13(18)9-14(15)17(19,20)21/h2-9,11,22H,10H2,1H3,(H,23,24). The zero-order chi connectivity index (χ0) is 17.7. The van der Waals surface area contributed by atoms with E-state index in [1.54, 1.807) is 0 Å². The Kier molecular flexibility index (Phi) is 5.85. The van der Waals surface area contributed by atoms with Crippen LogP contribution in [0.1, 0.15) is 24.1 Å². The zero-order valence-corrected chi connectivity index (χ0v) is 13.6. The molecule has 0 aliphatic heterocycles. The normalized spacial score (nSPS) is 12.7. The number of rotatable bonds is 5. The number of halogens is 4.